The van der Waals surface area contributed by atoms with Crippen molar-refractivity contribution in [2.75, 3.05) is 19.8 Å². The van der Waals surface area contributed by atoms with E-state index >= 15 is 0 Å². The molecule has 0 aliphatic carbocycles. The Kier molecular flexibility index (Phi) is 9.00. The van der Waals surface area contributed by atoms with Gasteiger partial charge in [0, 0.05) is 36.0 Å². The number of rotatable bonds is 11. The molecule has 0 unspecified atom stereocenters. The minimum absolute atomic E-state index is 0.0859. The molecule has 3 aromatic carbocycles. The number of aliphatic hydroxyl groups is 1. The van der Waals surface area contributed by atoms with E-state index in [1.807, 2.05) is 78.9 Å². The molecule has 0 saturated heterocycles. The number of carbonyl (C=O) groups excluding carboxylic acids is 1. The Balaban J connectivity index is 1.75. The van der Waals surface area contributed by atoms with Crippen LogP contribution in [0.15, 0.2) is 88.3 Å². The number of ether oxygens (including phenoxy) is 2. The Morgan fingerprint density at radius 2 is 1.78 bits per heavy atom. The van der Waals surface area contributed by atoms with Gasteiger partial charge in [0.05, 0.1) is 6.61 Å². The highest BCUT2D eigenvalue weighted by molar-refractivity contribution is 9.10. The van der Waals surface area contributed by atoms with Crippen molar-refractivity contribution in [1.82, 2.24) is 5.32 Å². The molecule has 37 heavy (non-hydrogen) atoms. The van der Waals surface area contributed by atoms with Gasteiger partial charge < -0.3 is 19.9 Å². The molecule has 0 saturated carbocycles. The molecule has 1 aliphatic rings. The molecule has 2 N–H and O–H groups in total. The van der Waals surface area contributed by atoms with E-state index < -0.39 is 11.6 Å². The second-order valence-corrected chi connectivity index (χ2v) is 10.5. The zero-order valence-corrected chi connectivity index (χ0v) is 22.8. The summed E-state index contributed by atoms with van der Waals surface area (Å²) < 4.78 is 13.1. The molecule has 1 aliphatic heterocycles. The molecule has 194 valence electrons. The zero-order chi connectivity index (χ0) is 26.3. The highest BCUT2D eigenvalue weighted by Gasteiger charge is 2.53. The summed E-state index contributed by atoms with van der Waals surface area (Å²) in [5, 5.41) is 12.1. The Bertz CT molecular complexity index is 1200. The molecule has 6 nitrogen and oxygen atoms in total. The number of hydrogen-bond donors (Lipinski definition) is 2. The van der Waals surface area contributed by atoms with Crippen molar-refractivity contribution < 1.29 is 19.4 Å². The number of halogens is 1. The molecule has 2 atom stereocenters. The lowest BCUT2D eigenvalue weighted by Crippen LogP contribution is -2.50. The van der Waals surface area contributed by atoms with Crippen LogP contribution < -0.4 is 10.1 Å². The molecule has 1 amide bonds. The summed E-state index contributed by atoms with van der Waals surface area (Å²) in [7, 11) is 0. The van der Waals surface area contributed by atoms with Gasteiger partial charge in [0.1, 0.15) is 5.75 Å². The fourth-order valence-electron chi connectivity index (χ4n) is 4.28. The topological polar surface area (TPSA) is 80.2 Å². The van der Waals surface area contributed by atoms with E-state index in [2.05, 4.69) is 35.1 Å². The van der Waals surface area contributed by atoms with E-state index in [0.717, 1.165) is 21.2 Å². The number of hydrogen-bond acceptors (Lipinski definition) is 5. The first kappa shape index (κ1) is 26.9. The molecular weight excluding hydrogens is 532 g/mol. The first-order valence-electron chi connectivity index (χ1n) is 12.6. The normalized spacial score (nSPS) is 18.8. The molecular formula is C30H33BrN2O4. The van der Waals surface area contributed by atoms with Gasteiger partial charge in [-0.25, -0.2) is 4.99 Å². The van der Waals surface area contributed by atoms with Gasteiger partial charge in [-0.1, -0.05) is 72.2 Å². The van der Waals surface area contributed by atoms with Crippen LogP contribution in [0.1, 0.15) is 43.1 Å². The van der Waals surface area contributed by atoms with Gasteiger partial charge in [0.25, 0.3) is 5.91 Å². The van der Waals surface area contributed by atoms with E-state index in [4.69, 9.17) is 19.6 Å². The second-order valence-electron chi connectivity index (χ2n) is 9.61. The van der Waals surface area contributed by atoms with E-state index in [0.29, 0.717) is 43.6 Å². The largest absolute Gasteiger partial charge is 0.494 e. The van der Waals surface area contributed by atoms with Gasteiger partial charge in [-0.3, -0.25) is 4.79 Å². The molecule has 0 aromatic heterocycles. The van der Waals surface area contributed by atoms with Gasteiger partial charge in [0.2, 0.25) is 5.90 Å². The van der Waals surface area contributed by atoms with Crippen LogP contribution in [0.25, 0.3) is 0 Å². The monoisotopic (exact) mass is 564 g/mol. The van der Waals surface area contributed by atoms with Gasteiger partial charge in [-0.15, -0.1) is 0 Å². The van der Waals surface area contributed by atoms with Gasteiger partial charge >= 0.3 is 0 Å². The third-order valence-corrected chi connectivity index (χ3v) is 6.72. The Labute approximate surface area is 226 Å². The van der Waals surface area contributed by atoms with Crippen LogP contribution in [0.2, 0.25) is 0 Å². The summed E-state index contributed by atoms with van der Waals surface area (Å²) in [5.74, 6) is 1.26. The van der Waals surface area contributed by atoms with Crippen LogP contribution in [0, 0.1) is 5.92 Å². The minimum Gasteiger partial charge on any atom is -0.494 e. The summed E-state index contributed by atoms with van der Waals surface area (Å²) in [4.78, 5) is 19.0. The SMILES string of the molecule is CC(C)CNC(=O)[C@]1(Cc2ccccc2)N=C(c2ccc(OCCCO)cc2)O[C@@H]1c1ccc(Br)cc1. The maximum Gasteiger partial charge on any atom is 0.252 e. The number of nitrogens with zero attached hydrogens (tertiary/aromatic N) is 1. The third kappa shape index (κ3) is 6.59. The summed E-state index contributed by atoms with van der Waals surface area (Å²) in [6.45, 7) is 5.21. The molecule has 4 rings (SSSR count). The van der Waals surface area contributed by atoms with Gasteiger partial charge in [0.15, 0.2) is 11.6 Å². The quantitative estimate of drug-likeness (QED) is 0.302. The first-order valence-corrected chi connectivity index (χ1v) is 13.4. The third-order valence-electron chi connectivity index (χ3n) is 6.19. The molecule has 0 radical (unpaired) electrons. The maximum atomic E-state index is 14.0. The molecule has 0 spiro atoms. The lowest BCUT2D eigenvalue weighted by atomic mass is 9.82. The number of amides is 1. The van der Waals surface area contributed by atoms with Crippen LogP contribution in [0.5, 0.6) is 5.75 Å². The number of benzene rings is 3. The molecule has 7 heteroatoms. The average Bonchev–Trinajstić information content (AvgIpc) is 3.29. The number of nitrogens with one attached hydrogen (secondary N) is 1. The van der Waals surface area contributed by atoms with Crippen molar-refractivity contribution in [1.29, 1.82) is 0 Å². The van der Waals surface area contributed by atoms with Crippen LogP contribution in [-0.4, -0.2) is 42.2 Å². The summed E-state index contributed by atoms with van der Waals surface area (Å²) in [5.41, 5.74) is 1.46. The van der Waals surface area contributed by atoms with Crippen molar-refractivity contribution in [3.05, 3.63) is 100 Å². The Morgan fingerprint density at radius 3 is 2.43 bits per heavy atom. The minimum atomic E-state index is -1.18. The number of carbonyl (C=O) groups is 1. The van der Waals surface area contributed by atoms with Crippen molar-refractivity contribution in [3.8, 4) is 5.75 Å². The maximum absolute atomic E-state index is 14.0. The predicted octanol–water partition coefficient (Wildman–Crippen LogP) is 5.48. The van der Waals surface area contributed by atoms with Crippen LogP contribution >= 0.6 is 15.9 Å². The predicted molar refractivity (Wildman–Crippen MR) is 149 cm³/mol. The lowest BCUT2D eigenvalue weighted by Gasteiger charge is -2.31. The zero-order valence-electron chi connectivity index (χ0n) is 21.2. The molecule has 0 fully saturated rings. The van der Waals surface area contributed by atoms with Crippen molar-refractivity contribution in [2.45, 2.75) is 38.3 Å². The van der Waals surface area contributed by atoms with Crippen LogP contribution in [-0.2, 0) is 16.0 Å². The summed E-state index contributed by atoms with van der Waals surface area (Å²) >= 11 is 3.51. The highest BCUT2D eigenvalue weighted by atomic mass is 79.9. The smallest absolute Gasteiger partial charge is 0.252 e. The number of aliphatic imine (C=N–C) groups is 1. The second kappa shape index (κ2) is 12.4. The van der Waals surface area contributed by atoms with Crippen LogP contribution in [0.4, 0.5) is 0 Å². The van der Waals surface area contributed by atoms with Crippen molar-refractivity contribution in [3.63, 3.8) is 0 Å². The Morgan fingerprint density at radius 1 is 1.08 bits per heavy atom. The van der Waals surface area contributed by atoms with E-state index in [9.17, 15) is 4.79 Å². The molecule has 3 aromatic rings. The van der Waals surface area contributed by atoms with Crippen molar-refractivity contribution >= 4 is 27.7 Å². The number of aliphatic hydroxyl groups excluding tert-OH is 1. The fourth-order valence-corrected chi connectivity index (χ4v) is 4.54. The average molecular weight is 566 g/mol. The van der Waals surface area contributed by atoms with E-state index in [1.54, 1.807) is 0 Å². The van der Waals surface area contributed by atoms with Crippen LogP contribution in [0.3, 0.4) is 0 Å². The summed E-state index contributed by atoms with van der Waals surface area (Å²) in [6, 6.07) is 25.3. The molecule has 1 heterocycles. The van der Waals surface area contributed by atoms with E-state index in [-0.39, 0.29) is 12.5 Å². The highest BCUT2D eigenvalue weighted by Crippen LogP contribution is 2.42. The standard InChI is InChI=1S/C30H33BrN2O4/c1-21(2)20-32-29(35)30(19-22-7-4-3-5-8-22)27(23-9-13-25(31)14-10-23)37-28(33-30)24-11-15-26(16-12-24)36-18-6-17-34/h3-5,7-16,21,27,34H,6,17-20H2,1-2H3,(H,32,35)/t27-,30-/m1/s1. The lowest BCUT2D eigenvalue weighted by molar-refractivity contribution is -0.129. The van der Waals surface area contributed by atoms with Crippen molar-refractivity contribution in [2.24, 2.45) is 10.9 Å². The van der Waals surface area contributed by atoms with E-state index in [1.165, 1.54) is 0 Å². The fraction of sp³-hybridized carbons (Fsp3) is 0.333. The van der Waals surface area contributed by atoms with Gasteiger partial charge in [-0.2, -0.15) is 0 Å². The molecule has 0 bridgehead atoms. The Hall–Kier alpha value is -3.16. The van der Waals surface area contributed by atoms with Gasteiger partial charge in [-0.05, 0) is 53.4 Å². The summed E-state index contributed by atoms with van der Waals surface area (Å²) in [6.07, 6.45) is 0.355. The first-order chi connectivity index (χ1) is 17.9.